The second-order valence-electron chi connectivity index (χ2n) is 4.05. The maximum Gasteiger partial charge on any atom is 0.326 e. The summed E-state index contributed by atoms with van der Waals surface area (Å²) in [5.41, 5.74) is 1.24. The van der Waals surface area contributed by atoms with Crippen LogP contribution in [0.25, 0.3) is 11.0 Å². The smallest absolute Gasteiger partial charge is 0.326 e. The number of alkyl halides is 3. The van der Waals surface area contributed by atoms with Crippen molar-refractivity contribution < 1.29 is 9.90 Å². The van der Waals surface area contributed by atoms with Gasteiger partial charge in [-0.25, -0.2) is 9.78 Å². The molecule has 0 spiro atoms. The van der Waals surface area contributed by atoms with E-state index >= 15 is 0 Å². The number of halogens is 3. The van der Waals surface area contributed by atoms with Crippen molar-refractivity contribution in [2.24, 2.45) is 0 Å². The summed E-state index contributed by atoms with van der Waals surface area (Å²) in [4.78, 5) is 15.6. The Balaban J connectivity index is 2.78. The van der Waals surface area contributed by atoms with Gasteiger partial charge in [0.15, 0.2) is 5.82 Å². The van der Waals surface area contributed by atoms with Crippen molar-refractivity contribution >= 4 is 51.8 Å². The van der Waals surface area contributed by atoms with Crippen molar-refractivity contribution in [1.82, 2.24) is 9.55 Å². The highest BCUT2D eigenvalue weighted by Gasteiger charge is 2.34. The van der Waals surface area contributed by atoms with Crippen LogP contribution in [0.3, 0.4) is 0 Å². The Morgan fingerprint density at radius 3 is 2.58 bits per heavy atom. The van der Waals surface area contributed by atoms with E-state index in [1.54, 1.807) is 31.2 Å². The molecule has 1 unspecified atom stereocenters. The second kappa shape index (κ2) is 5.19. The minimum Gasteiger partial charge on any atom is -0.480 e. The molecule has 4 nitrogen and oxygen atoms in total. The van der Waals surface area contributed by atoms with Crippen LogP contribution in [0.4, 0.5) is 0 Å². The average Bonchev–Trinajstić information content (AvgIpc) is 2.69. The van der Waals surface area contributed by atoms with E-state index in [1.807, 2.05) is 0 Å². The van der Waals surface area contributed by atoms with Crippen LogP contribution in [0.1, 0.15) is 25.2 Å². The van der Waals surface area contributed by atoms with E-state index in [0.29, 0.717) is 17.5 Å². The van der Waals surface area contributed by atoms with Gasteiger partial charge in [-0.05, 0) is 18.6 Å². The lowest BCUT2D eigenvalue weighted by molar-refractivity contribution is -0.140. The van der Waals surface area contributed by atoms with Crippen molar-refractivity contribution in [3.8, 4) is 0 Å². The Bertz CT molecular complexity index is 619. The number of carbonyl (C=O) groups is 1. The molecule has 0 aliphatic carbocycles. The predicted molar refractivity (Wildman–Crippen MR) is 75.9 cm³/mol. The quantitative estimate of drug-likeness (QED) is 0.872. The van der Waals surface area contributed by atoms with Crippen LogP contribution in [0.2, 0.25) is 0 Å². The summed E-state index contributed by atoms with van der Waals surface area (Å²) in [6.45, 7) is 1.76. The molecule has 0 aliphatic heterocycles. The van der Waals surface area contributed by atoms with Crippen molar-refractivity contribution in [3.63, 3.8) is 0 Å². The molecule has 0 bridgehead atoms. The lowest BCUT2D eigenvalue weighted by Gasteiger charge is -2.19. The summed E-state index contributed by atoms with van der Waals surface area (Å²) >= 11 is 17.7. The Morgan fingerprint density at radius 1 is 1.42 bits per heavy atom. The molecule has 0 saturated carbocycles. The highest BCUT2D eigenvalue weighted by atomic mass is 35.6. The summed E-state index contributed by atoms with van der Waals surface area (Å²) in [6.07, 6.45) is 0.365. The largest absolute Gasteiger partial charge is 0.480 e. The van der Waals surface area contributed by atoms with Gasteiger partial charge < -0.3 is 9.67 Å². The third kappa shape index (κ3) is 2.66. The van der Waals surface area contributed by atoms with E-state index in [4.69, 9.17) is 34.8 Å². The fourth-order valence-electron chi connectivity index (χ4n) is 2.03. The van der Waals surface area contributed by atoms with Crippen LogP contribution in [0.15, 0.2) is 24.3 Å². The van der Waals surface area contributed by atoms with Crippen molar-refractivity contribution in [2.75, 3.05) is 0 Å². The number of para-hydroxylation sites is 2. The van der Waals surface area contributed by atoms with Crippen LogP contribution in [-0.4, -0.2) is 20.6 Å². The van der Waals surface area contributed by atoms with Crippen LogP contribution in [0, 0.1) is 0 Å². The Hall–Kier alpha value is -0.970. The molecule has 0 amide bonds. The summed E-state index contributed by atoms with van der Waals surface area (Å²) in [7, 11) is 0. The molecular formula is C12H11Cl3N2O2. The molecule has 1 atom stereocenters. The molecular weight excluding hydrogens is 311 g/mol. The minimum atomic E-state index is -1.78. The normalized spacial score (nSPS) is 13.7. The Morgan fingerprint density at radius 2 is 2.05 bits per heavy atom. The molecule has 0 aliphatic rings. The van der Waals surface area contributed by atoms with Gasteiger partial charge in [0.1, 0.15) is 6.04 Å². The van der Waals surface area contributed by atoms with Gasteiger partial charge in [0.25, 0.3) is 0 Å². The van der Waals surface area contributed by atoms with Gasteiger partial charge in [0.2, 0.25) is 3.79 Å². The van der Waals surface area contributed by atoms with Crippen LogP contribution < -0.4 is 0 Å². The van der Waals surface area contributed by atoms with E-state index in [1.165, 1.54) is 4.57 Å². The summed E-state index contributed by atoms with van der Waals surface area (Å²) in [6, 6.07) is 6.27. The first-order chi connectivity index (χ1) is 8.86. The van der Waals surface area contributed by atoms with E-state index in [0.717, 1.165) is 0 Å². The van der Waals surface area contributed by atoms with Gasteiger partial charge in [-0.1, -0.05) is 53.9 Å². The summed E-state index contributed by atoms with van der Waals surface area (Å²) in [5.74, 6) is -0.867. The molecule has 2 rings (SSSR count). The predicted octanol–water partition coefficient (Wildman–Crippen LogP) is 3.90. The lowest BCUT2D eigenvalue weighted by Crippen LogP contribution is -2.23. The third-order valence-electron chi connectivity index (χ3n) is 2.83. The molecule has 102 valence electrons. The minimum absolute atomic E-state index is 0.118. The van der Waals surface area contributed by atoms with E-state index < -0.39 is 15.8 Å². The number of aliphatic carboxylic acids is 1. The number of imidazole rings is 1. The van der Waals surface area contributed by atoms with E-state index in [-0.39, 0.29) is 5.82 Å². The second-order valence-corrected chi connectivity index (χ2v) is 6.34. The molecule has 1 aromatic carbocycles. The van der Waals surface area contributed by atoms with Gasteiger partial charge >= 0.3 is 5.97 Å². The fraction of sp³-hybridized carbons (Fsp3) is 0.333. The Kier molecular flexibility index (Phi) is 3.95. The number of nitrogens with zero attached hydrogens (tertiary/aromatic N) is 2. The monoisotopic (exact) mass is 320 g/mol. The van der Waals surface area contributed by atoms with Gasteiger partial charge in [0, 0.05) is 0 Å². The van der Waals surface area contributed by atoms with Gasteiger partial charge in [-0.3, -0.25) is 0 Å². The molecule has 7 heteroatoms. The molecule has 0 saturated heterocycles. The molecule has 0 radical (unpaired) electrons. The van der Waals surface area contributed by atoms with Crippen molar-refractivity contribution in [1.29, 1.82) is 0 Å². The number of carboxylic acids is 1. The van der Waals surface area contributed by atoms with Crippen LogP contribution in [-0.2, 0) is 8.59 Å². The van der Waals surface area contributed by atoms with Gasteiger partial charge in [0.05, 0.1) is 11.0 Å². The standard InChI is InChI=1S/C12H11Cl3N2O2/c1-2-8(10(18)19)17-9-6-4-3-5-7(9)16-11(17)12(13,14)15/h3-6,8H,2H2,1H3,(H,18,19). The van der Waals surface area contributed by atoms with Gasteiger partial charge in [-0.15, -0.1) is 0 Å². The third-order valence-corrected chi connectivity index (χ3v) is 3.34. The zero-order valence-corrected chi connectivity index (χ0v) is 12.2. The Labute approximate surface area is 124 Å². The zero-order chi connectivity index (χ0) is 14.2. The maximum absolute atomic E-state index is 11.4. The molecule has 1 heterocycles. The number of rotatable bonds is 3. The van der Waals surface area contributed by atoms with E-state index in [9.17, 15) is 9.90 Å². The molecule has 0 fully saturated rings. The molecule has 2 aromatic rings. The average molecular weight is 322 g/mol. The molecule has 1 aromatic heterocycles. The van der Waals surface area contributed by atoms with Crippen molar-refractivity contribution in [3.05, 3.63) is 30.1 Å². The first kappa shape index (κ1) is 14.4. The fourth-order valence-corrected chi connectivity index (χ4v) is 2.43. The number of aromatic nitrogens is 2. The maximum atomic E-state index is 11.4. The topological polar surface area (TPSA) is 55.1 Å². The summed E-state index contributed by atoms with van der Waals surface area (Å²) in [5, 5.41) is 9.32. The number of carboxylic acid groups (broad SMARTS) is 1. The molecule has 1 N–H and O–H groups in total. The molecule has 19 heavy (non-hydrogen) atoms. The number of hydrogen-bond donors (Lipinski definition) is 1. The van der Waals surface area contributed by atoms with Gasteiger partial charge in [-0.2, -0.15) is 0 Å². The number of hydrogen-bond acceptors (Lipinski definition) is 2. The van der Waals surface area contributed by atoms with Crippen LogP contribution >= 0.6 is 34.8 Å². The first-order valence-electron chi connectivity index (χ1n) is 5.63. The number of benzene rings is 1. The van der Waals surface area contributed by atoms with E-state index in [2.05, 4.69) is 4.98 Å². The summed E-state index contributed by atoms with van der Waals surface area (Å²) < 4.78 is -0.299. The highest BCUT2D eigenvalue weighted by Crippen LogP contribution is 2.40. The van der Waals surface area contributed by atoms with Crippen molar-refractivity contribution in [2.45, 2.75) is 23.2 Å². The first-order valence-corrected chi connectivity index (χ1v) is 6.76. The lowest BCUT2D eigenvalue weighted by atomic mass is 10.2. The van der Waals surface area contributed by atoms with Crippen LogP contribution in [0.5, 0.6) is 0 Å². The zero-order valence-electron chi connectivity index (χ0n) is 9.98. The highest BCUT2D eigenvalue weighted by molar-refractivity contribution is 6.66. The SMILES string of the molecule is CCC(C(=O)O)n1c(C(Cl)(Cl)Cl)nc2ccccc21. The number of fused-ring (bicyclic) bond motifs is 1.